The number of furan rings is 1. The van der Waals surface area contributed by atoms with Crippen LogP contribution < -0.4 is 4.90 Å². The van der Waals surface area contributed by atoms with Gasteiger partial charge in [-0.1, -0.05) is 172 Å². The van der Waals surface area contributed by atoms with Gasteiger partial charge in [0.2, 0.25) is 0 Å². The van der Waals surface area contributed by atoms with E-state index in [0.29, 0.717) is 0 Å². The van der Waals surface area contributed by atoms with Crippen LogP contribution in [-0.2, 0) is 5.41 Å². The molecule has 11 aromatic carbocycles. The Kier molecular flexibility index (Phi) is 7.10. The molecule has 1 aromatic heterocycles. The first-order chi connectivity index (χ1) is 30.0. The Labute approximate surface area is 353 Å². The second kappa shape index (κ2) is 12.7. The maximum Gasteiger partial charge on any atom is 0.143 e. The van der Waals surface area contributed by atoms with E-state index in [9.17, 15) is 0 Å². The SMILES string of the molecule is CC1(C)c2ccccc2-c2ccc(N(c3cccc4ccccc34)c3cccc4oc5c(-c6ccc7c8ccccc8c8ccccc8c7c6)c6ccccc6cc5c34)cc21. The van der Waals surface area contributed by atoms with E-state index in [2.05, 4.69) is 219 Å². The molecule has 0 aliphatic heterocycles. The average Bonchev–Trinajstić information content (AvgIpc) is 3.80. The van der Waals surface area contributed by atoms with Gasteiger partial charge in [0.05, 0.1) is 16.8 Å². The van der Waals surface area contributed by atoms with Gasteiger partial charge in [-0.2, -0.15) is 0 Å². The van der Waals surface area contributed by atoms with Gasteiger partial charge in [-0.25, -0.2) is 0 Å². The lowest BCUT2D eigenvalue weighted by atomic mass is 9.82. The molecule has 0 bridgehead atoms. The number of rotatable bonds is 4. The van der Waals surface area contributed by atoms with Crippen LogP contribution in [0.5, 0.6) is 0 Å². The summed E-state index contributed by atoms with van der Waals surface area (Å²) in [5.41, 5.74) is 12.5. The van der Waals surface area contributed by atoms with Crippen molar-refractivity contribution in [2.45, 2.75) is 19.3 Å². The highest BCUT2D eigenvalue weighted by molar-refractivity contribution is 6.27. The molecular weight excluding hydrogens is 739 g/mol. The molecule has 0 fully saturated rings. The lowest BCUT2D eigenvalue weighted by Gasteiger charge is -2.29. The van der Waals surface area contributed by atoms with Gasteiger partial charge in [0.25, 0.3) is 0 Å². The Balaban J connectivity index is 1.11. The minimum Gasteiger partial charge on any atom is -0.455 e. The lowest BCUT2D eigenvalue weighted by Crippen LogP contribution is -2.16. The zero-order valence-electron chi connectivity index (χ0n) is 33.9. The van der Waals surface area contributed by atoms with E-state index in [1.54, 1.807) is 0 Å². The van der Waals surface area contributed by atoms with Crippen molar-refractivity contribution in [2.75, 3.05) is 4.90 Å². The Morgan fingerprint density at radius 3 is 1.77 bits per heavy atom. The standard InChI is InChI=1S/C59H39NO/c1-59(2)51-25-12-11-24-47(51)48-32-30-39(35-52(48)59)60(53-26-13-17-36-15-3-5-18-40(36)53)54-27-14-28-55-57(54)50-33-37-16-4-6-19-41(37)56(58(50)61-55)38-29-31-46-44-22-8-7-20-42(44)43-21-9-10-23-45(43)49(46)34-38/h3-35H,1-2H3. The van der Waals surface area contributed by atoms with Crippen molar-refractivity contribution in [2.24, 2.45) is 0 Å². The average molecular weight is 778 g/mol. The monoisotopic (exact) mass is 777 g/mol. The molecule has 0 saturated carbocycles. The van der Waals surface area contributed by atoms with Gasteiger partial charge >= 0.3 is 0 Å². The third kappa shape index (κ3) is 4.85. The summed E-state index contributed by atoms with van der Waals surface area (Å²) in [4.78, 5) is 2.47. The van der Waals surface area contributed by atoms with Gasteiger partial charge in [0.15, 0.2) is 0 Å². The summed E-state index contributed by atoms with van der Waals surface area (Å²) in [7, 11) is 0. The summed E-state index contributed by atoms with van der Waals surface area (Å²) >= 11 is 0. The van der Waals surface area contributed by atoms with Crippen LogP contribution in [0.15, 0.2) is 205 Å². The van der Waals surface area contributed by atoms with E-state index in [4.69, 9.17) is 4.42 Å². The Bertz CT molecular complexity index is 3770. The molecule has 1 aliphatic carbocycles. The van der Waals surface area contributed by atoms with Gasteiger partial charge in [-0.15, -0.1) is 0 Å². The molecule has 2 nitrogen and oxygen atoms in total. The number of fused-ring (bicyclic) bond motifs is 14. The minimum atomic E-state index is -0.147. The van der Waals surface area contributed by atoms with Crippen LogP contribution in [0.25, 0.3) is 98.1 Å². The number of hydrogen-bond acceptors (Lipinski definition) is 2. The van der Waals surface area contributed by atoms with Crippen LogP contribution >= 0.6 is 0 Å². The molecule has 0 saturated heterocycles. The first kappa shape index (κ1) is 34.2. The summed E-state index contributed by atoms with van der Waals surface area (Å²) < 4.78 is 7.19. The second-order valence-electron chi connectivity index (χ2n) is 17.2. The van der Waals surface area contributed by atoms with Crippen molar-refractivity contribution in [3.63, 3.8) is 0 Å². The maximum atomic E-state index is 7.19. The van der Waals surface area contributed by atoms with Crippen LogP contribution in [0.4, 0.5) is 17.1 Å². The molecule has 1 heterocycles. The van der Waals surface area contributed by atoms with Crippen LogP contribution in [0, 0.1) is 0 Å². The Morgan fingerprint density at radius 1 is 0.393 bits per heavy atom. The van der Waals surface area contributed by atoms with Crippen LogP contribution in [0.2, 0.25) is 0 Å². The van der Waals surface area contributed by atoms with Crippen molar-refractivity contribution in [1.82, 2.24) is 0 Å². The van der Waals surface area contributed by atoms with Gasteiger partial charge in [0, 0.05) is 27.4 Å². The van der Waals surface area contributed by atoms with E-state index < -0.39 is 0 Å². The maximum absolute atomic E-state index is 7.19. The first-order valence-corrected chi connectivity index (χ1v) is 21.3. The zero-order chi connectivity index (χ0) is 40.4. The number of anilines is 3. The molecule has 61 heavy (non-hydrogen) atoms. The summed E-state index contributed by atoms with van der Waals surface area (Å²) in [6, 6.07) is 73.6. The fourth-order valence-electron chi connectivity index (χ4n) is 10.8. The second-order valence-corrected chi connectivity index (χ2v) is 17.2. The fraction of sp³-hybridized carbons (Fsp3) is 0.0508. The third-order valence-corrected chi connectivity index (χ3v) is 13.6. The Morgan fingerprint density at radius 2 is 0.984 bits per heavy atom. The molecule has 13 rings (SSSR count). The normalized spacial score (nSPS) is 13.2. The zero-order valence-corrected chi connectivity index (χ0v) is 33.9. The van der Waals surface area contributed by atoms with Crippen molar-refractivity contribution in [3.8, 4) is 22.3 Å². The predicted octanol–water partition coefficient (Wildman–Crippen LogP) is 16.8. The van der Waals surface area contributed by atoms with Crippen molar-refractivity contribution < 1.29 is 4.42 Å². The highest BCUT2D eigenvalue weighted by atomic mass is 16.3. The molecule has 0 amide bonds. The third-order valence-electron chi connectivity index (χ3n) is 13.6. The van der Waals surface area contributed by atoms with E-state index in [1.807, 2.05) is 0 Å². The highest BCUT2D eigenvalue weighted by Crippen LogP contribution is 2.53. The minimum absolute atomic E-state index is 0.147. The van der Waals surface area contributed by atoms with Gasteiger partial charge < -0.3 is 9.32 Å². The highest BCUT2D eigenvalue weighted by Gasteiger charge is 2.36. The molecule has 0 spiro atoms. The molecular formula is C59H39NO. The number of nitrogens with zero attached hydrogens (tertiary/aromatic N) is 1. The topological polar surface area (TPSA) is 16.4 Å². The van der Waals surface area contributed by atoms with E-state index in [0.717, 1.165) is 50.1 Å². The van der Waals surface area contributed by atoms with E-state index in [-0.39, 0.29) is 5.41 Å². The smallest absolute Gasteiger partial charge is 0.143 e. The largest absolute Gasteiger partial charge is 0.455 e. The first-order valence-electron chi connectivity index (χ1n) is 21.3. The summed E-state index contributed by atoms with van der Waals surface area (Å²) in [5, 5.41) is 14.5. The Hall–Kier alpha value is -7.68. The summed E-state index contributed by atoms with van der Waals surface area (Å²) in [6.07, 6.45) is 0. The van der Waals surface area contributed by atoms with Gasteiger partial charge in [-0.05, 0) is 119 Å². The molecule has 2 heteroatoms. The molecule has 0 radical (unpaired) electrons. The van der Waals surface area contributed by atoms with E-state index in [1.165, 1.54) is 76.1 Å². The van der Waals surface area contributed by atoms with Crippen molar-refractivity contribution in [1.29, 1.82) is 0 Å². The molecule has 286 valence electrons. The van der Waals surface area contributed by atoms with Crippen LogP contribution in [-0.4, -0.2) is 0 Å². The molecule has 1 aliphatic rings. The summed E-state index contributed by atoms with van der Waals surface area (Å²) in [5.74, 6) is 0. The van der Waals surface area contributed by atoms with Crippen LogP contribution in [0.3, 0.4) is 0 Å². The quantitative estimate of drug-likeness (QED) is 0.166. The van der Waals surface area contributed by atoms with Gasteiger partial charge in [-0.3, -0.25) is 0 Å². The number of benzene rings is 11. The molecule has 0 N–H and O–H groups in total. The summed E-state index contributed by atoms with van der Waals surface area (Å²) in [6.45, 7) is 4.72. The lowest BCUT2D eigenvalue weighted by molar-refractivity contribution is 0.660. The van der Waals surface area contributed by atoms with Crippen molar-refractivity contribution in [3.05, 3.63) is 211 Å². The molecule has 12 aromatic rings. The fourth-order valence-corrected chi connectivity index (χ4v) is 10.8. The molecule has 0 atom stereocenters. The predicted molar refractivity (Wildman–Crippen MR) is 259 cm³/mol. The van der Waals surface area contributed by atoms with Crippen molar-refractivity contribution >= 4 is 92.9 Å². The van der Waals surface area contributed by atoms with E-state index >= 15 is 0 Å². The molecule has 0 unspecified atom stereocenters. The van der Waals surface area contributed by atoms with Gasteiger partial charge in [0.1, 0.15) is 11.2 Å². The van der Waals surface area contributed by atoms with Crippen LogP contribution in [0.1, 0.15) is 25.0 Å². The number of hydrogen-bond donors (Lipinski definition) is 0.